The summed E-state index contributed by atoms with van der Waals surface area (Å²) in [5.41, 5.74) is 0. The van der Waals surface area contributed by atoms with Crippen LogP contribution in [0.25, 0.3) is 0 Å². The highest BCUT2D eigenvalue weighted by atomic mass is 32.1. The Labute approximate surface area is 66.0 Å². The lowest BCUT2D eigenvalue weighted by molar-refractivity contribution is -0.121. The van der Waals surface area contributed by atoms with E-state index >= 15 is 0 Å². The summed E-state index contributed by atoms with van der Waals surface area (Å²) in [5, 5.41) is 5.94. The second-order valence-electron chi connectivity index (χ2n) is 2.40. The Kier molecular flexibility index (Phi) is 3.02. The van der Waals surface area contributed by atoms with Crippen LogP contribution in [0.3, 0.4) is 0 Å². The molecule has 0 spiro atoms. The van der Waals surface area contributed by atoms with Crippen molar-refractivity contribution >= 4 is 18.5 Å². The summed E-state index contributed by atoms with van der Waals surface area (Å²) in [6.45, 7) is 1.83. The van der Waals surface area contributed by atoms with Crippen molar-refractivity contribution in [2.75, 3.05) is 18.8 Å². The topological polar surface area (TPSA) is 41.1 Å². The third kappa shape index (κ3) is 2.19. The van der Waals surface area contributed by atoms with Gasteiger partial charge in [-0.25, -0.2) is 0 Å². The first kappa shape index (κ1) is 7.88. The fourth-order valence-corrected chi connectivity index (χ4v) is 0.995. The summed E-state index contributed by atoms with van der Waals surface area (Å²) >= 11 is 3.95. The second-order valence-corrected chi connectivity index (χ2v) is 2.84. The zero-order chi connectivity index (χ0) is 7.40. The van der Waals surface area contributed by atoms with Crippen molar-refractivity contribution in [1.29, 1.82) is 0 Å². The fraction of sp³-hybridized carbons (Fsp3) is 0.833. The minimum absolute atomic E-state index is 0.113. The number of hydrogen-bond acceptors (Lipinski definition) is 3. The first-order valence-corrected chi connectivity index (χ1v) is 4.07. The molecule has 2 N–H and O–H groups in total. The Bertz CT molecular complexity index is 125. The van der Waals surface area contributed by atoms with Crippen molar-refractivity contribution in [3.05, 3.63) is 0 Å². The molecule has 0 aliphatic carbocycles. The van der Waals surface area contributed by atoms with E-state index in [9.17, 15) is 4.79 Å². The van der Waals surface area contributed by atoms with Crippen molar-refractivity contribution in [2.45, 2.75) is 12.5 Å². The van der Waals surface area contributed by atoms with Gasteiger partial charge in [0.25, 0.3) is 0 Å². The maximum Gasteiger partial charge on any atom is 0.221 e. The fourth-order valence-electron chi connectivity index (χ4n) is 0.792. The molecule has 0 bridgehead atoms. The van der Waals surface area contributed by atoms with Crippen LogP contribution >= 0.6 is 12.6 Å². The van der Waals surface area contributed by atoms with E-state index in [0.717, 1.165) is 13.1 Å². The first-order chi connectivity index (χ1) is 4.83. The smallest absolute Gasteiger partial charge is 0.221 e. The summed E-state index contributed by atoms with van der Waals surface area (Å²) < 4.78 is 0. The third-order valence-corrected chi connectivity index (χ3v) is 1.71. The molecule has 10 heavy (non-hydrogen) atoms. The molecule has 0 aromatic heterocycles. The Morgan fingerprint density at radius 3 is 2.80 bits per heavy atom. The van der Waals surface area contributed by atoms with Crippen molar-refractivity contribution in [3.8, 4) is 0 Å². The highest BCUT2D eigenvalue weighted by Crippen LogP contribution is 1.92. The standard InChI is InChI=1S/C6H12N2OS/c9-6(1-2-10)8-5-3-7-4-5/h5,7,10H,1-4H2,(H,8,9). The molecule has 0 unspecified atom stereocenters. The summed E-state index contributed by atoms with van der Waals surface area (Å²) in [6.07, 6.45) is 0.527. The molecule has 0 aromatic carbocycles. The molecule has 3 nitrogen and oxygen atoms in total. The molecule has 1 amide bonds. The molecule has 0 atom stereocenters. The van der Waals surface area contributed by atoms with E-state index in [0.29, 0.717) is 18.2 Å². The molecular weight excluding hydrogens is 148 g/mol. The van der Waals surface area contributed by atoms with Crippen LogP contribution in [0, 0.1) is 0 Å². The van der Waals surface area contributed by atoms with Gasteiger partial charge in [0.15, 0.2) is 0 Å². The van der Waals surface area contributed by atoms with Gasteiger partial charge in [0.1, 0.15) is 0 Å². The molecule has 0 radical (unpaired) electrons. The lowest BCUT2D eigenvalue weighted by atomic mass is 10.2. The minimum atomic E-state index is 0.113. The van der Waals surface area contributed by atoms with E-state index in [1.165, 1.54) is 0 Å². The van der Waals surface area contributed by atoms with E-state index in [1.54, 1.807) is 0 Å². The summed E-state index contributed by atoms with van der Waals surface area (Å²) in [4.78, 5) is 10.9. The van der Waals surface area contributed by atoms with Crippen LogP contribution in [0.1, 0.15) is 6.42 Å². The van der Waals surface area contributed by atoms with E-state index in [-0.39, 0.29) is 5.91 Å². The maximum absolute atomic E-state index is 10.9. The van der Waals surface area contributed by atoms with Crippen LogP contribution in [-0.4, -0.2) is 30.8 Å². The van der Waals surface area contributed by atoms with Gasteiger partial charge in [0.2, 0.25) is 5.91 Å². The SMILES string of the molecule is O=C(CCS)NC1CNC1. The largest absolute Gasteiger partial charge is 0.351 e. The van der Waals surface area contributed by atoms with Crippen LogP contribution in [-0.2, 0) is 4.79 Å². The third-order valence-electron chi connectivity index (χ3n) is 1.49. The van der Waals surface area contributed by atoms with Crippen molar-refractivity contribution in [1.82, 2.24) is 10.6 Å². The molecule has 0 saturated carbocycles. The minimum Gasteiger partial charge on any atom is -0.351 e. The predicted octanol–water partition coefficient (Wildman–Crippen LogP) is -0.606. The molecule has 1 aliphatic heterocycles. The zero-order valence-corrected chi connectivity index (χ0v) is 6.66. The molecule has 4 heteroatoms. The highest BCUT2D eigenvalue weighted by molar-refractivity contribution is 7.80. The lowest BCUT2D eigenvalue weighted by Crippen LogP contribution is -2.56. The lowest BCUT2D eigenvalue weighted by Gasteiger charge is -2.27. The van der Waals surface area contributed by atoms with Gasteiger partial charge in [-0.05, 0) is 5.75 Å². The van der Waals surface area contributed by atoms with E-state index in [1.807, 2.05) is 0 Å². The molecule has 58 valence electrons. The quantitative estimate of drug-likeness (QED) is 0.482. The van der Waals surface area contributed by atoms with E-state index < -0.39 is 0 Å². The van der Waals surface area contributed by atoms with Gasteiger partial charge in [-0.3, -0.25) is 4.79 Å². The summed E-state index contributed by atoms with van der Waals surface area (Å²) in [5.74, 6) is 0.743. The molecule has 1 rings (SSSR count). The van der Waals surface area contributed by atoms with Crippen LogP contribution in [0.2, 0.25) is 0 Å². The molecule has 1 heterocycles. The molecular formula is C6H12N2OS. The monoisotopic (exact) mass is 160 g/mol. The normalized spacial score (nSPS) is 18.1. The molecule has 1 aliphatic rings. The van der Waals surface area contributed by atoms with Gasteiger partial charge in [0.05, 0.1) is 6.04 Å². The van der Waals surface area contributed by atoms with Gasteiger partial charge >= 0.3 is 0 Å². The Hall–Kier alpha value is -0.220. The van der Waals surface area contributed by atoms with Crippen molar-refractivity contribution in [3.63, 3.8) is 0 Å². The number of hydrogen-bond donors (Lipinski definition) is 3. The van der Waals surface area contributed by atoms with Gasteiger partial charge < -0.3 is 10.6 Å². The molecule has 1 saturated heterocycles. The van der Waals surface area contributed by atoms with Gasteiger partial charge in [0, 0.05) is 19.5 Å². The average molecular weight is 160 g/mol. The predicted molar refractivity (Wildman–Crippen MR) is 43.3 cm³/mol. The molecule has 1 fully saturated rings. The van der Waals surface area contributed by atoms with E-state index in [4.69, 9.17) is 0 Å². The van der Waals surface area contributed by atoms with Gasteiger partial charge in [-0.15, -0.1) is 0 Å². The average Bonchev–Trinajstić information content (AvgIpc) is 1.80. The maximum atomic E-state index is 10.9. The second kappa shape index (κ2) is 3.83. The Morgan fingerprint density at radius 1 is 1.70 bits per heavy atom. The number of carbonyl (C=O) groups is 1. The van der Waals surface area contributed by atoms with Crippen LogP contribution < -0.4 is 10.6 Å². The van der Waals surface area contributed by atoms with Gasteiger partial charge in [-0.1, -0.05) is 0 Å². The number of amides is 1. The zero-order valence-electron chi connectivity index (χ0n) is 5.76. The molecule has 0 aromatic rings. The first-order valence-electron chi connectivity index (χ1n) is 3.44. The van der Waals surface area contributed by atoms with E-state index in [2.05, 4.69) is 23.3 Å². The number of thiol groups is 1. The van der Waals surface area contributed by atoms with Crippen molar-refractivity contribution in [2.24, 2.45) is 0 Å². The highest BCUT2D eigenvalue weighted by Gasteiger charge is 2.17. The number of carbonyl (C=O) groups excluding carboxylic acids is 1. The van der Waals surface area contributed by atoms with Crippen LogP contribution in [0.5, 0.6) is 0 Å². The van der Waals surface area contributed by atoms with Crippen LogP contribution in [0.15, 0.2) is 0 Å². The van der Waals surface area contributed by atoms with Gasteiger partial charge in [-0.2, -0.15) is 12.6 Å². The summed E-state index contributed by atoms with van der Waals surface area (Å²) in [6, 6.07) is 0.368. The Morgan fingerprint density at radius 2 is 2.40 bits per heavy atom. The van der Waals surface area contributed by atoms with Crippen LogP contribution in [0.4, 0.5) is 0 Å². The Balaban J connectivity index is 2.05. The van der Waals surface area contributed by atoms with Crippen molar-refractivity contribution < 1.29 is 4.79 Å². The summed E-state index contributed by atoms with van der Waals surface area (Å²) in [7, 11) is 0. The number of rotatable bonds is 3. The number of nitrogens with one attached hydrogen (secondary N) is 2.